The number of halogens is 4. The number of carbonyl (C=O) groups is 1. The number of alkyl halides is 3. The smallest absolute Gasteiger partial charge is 0.332 e. The number of nitrogens with one attached hydrogen (secondary N) is 2. The minimum atomic E-state index is -4.47. The standard InChI is InChI=1S/C10H10BrF3N2O2/c1-18-16-9(17)15-5-6-2-3-7(11)4-8(6)10(12,13)14/h2-4H,5H2,1H3,(H2,15,16,17). The monoisotopic (exact) mass is 326 g/mol. The second-order valence-corrected chi connectivity index (χ2v) is 4.20. The van der Waals surface area contributed by atoms with Crippen LogP contribution in [0.5, 0.6) is 0 Å². The van der Waals surface area contributed by atoms with Crippen molar-refractivity contribution in [3.05, 3.63) is 33.8 Å². The van der Waals surface area contributed by atoms with E-state index in [4.69, 9.17) is 0 Å². The van der Waals surface area contributed by atoms with Crippen LogP contribution in [0.4, 0.5) is 18.0 Å². The largest absolute Gasteiger partial charge is 0.416 e. The lowest BCUT2D eigenvalue weighted by Gasteiger charge is -2.14. The maximum Gasteiger partial charge on any atom is 0.416 e. The van der Waals surface area contributed by atoms with Gasteiger partial charge in [-0.1, -0.05) is 22.0 Å². The van der Waals surface area contributed by atoms with Crippen molar-refractivity contribution in [3.63, 3.8) is 0 Å². The first-order chi connectivity index (χ1) is 8.34. The van der Waals surface area contributed by atoms with Crippen LogP contribution in [0, 0.1) is 0 Å². The van der Waals surface area contributed by atoms with E-state index in [1.165, 1.54) is 19.2 Å². The maximum atomic E-state index is 12.7. The van der Waals surface area contributed by atoms with Crippen LogP contribution < -0.4 is 10.8 Å². The van der Waals surface area contributed by atoms with Gasteiger partial charge in [-0.2, -0.15) is 13.2 Å². The second kappa shape index (κ2) is 6.05. The molecule has 0 radical (unpaired) electrons. The van der Waals surface area contributed by atoms with E-state index in [1.54, 1.807) is 0 Å². The number of hydrogen-bond acceptors (Lipinski definition) is 2. The zero-order valence-electron chi connectivity index (χ0n) is 9.27. The molecule has 8 heteroatoms. The molecule has 0 aromatic heterocycles. The lowest BCUT2D eigenvalue weighted by molar-refractivity contribution is -0.138. The lowest BCUT2D eigenvalue weighted by Crippen LogP contribution is -2.34. The van der Waals surface area contributed by atoms with Crippen LogP contribution in [0.25, 0.3) is 0 Å². The van der Waals surface area contributed by atoms with Crippen LogP contribution in [0.3, 0.4) is 0 Å². The Balaban J connectivity index is 2.85. The molecule has 0 bridgehead atoms. The highest BCUT2D eigenvalue weighted by atomic mass is 79.9. The van der Waals surface area contributed by atoms with Crippen molar-refractivity contribution in [2.45, 2.75) is 12.7 Å². The lowest BCUT2D eigenvalue weighted by atomic mass is 10.1. The van der Waals surface area contributed by atoms with Crippen LogP contribution >= 0.6 is 15.9 Å². The fraction of sp³-hybridized carbons (Fsp3) is 0.300. The summed E-state index contributed by atoms with van der Waals surface area (Å²) in [5.74, 6) is 0. The third kappa shape index (κ3) is 4.19. The molecular formula is C10H10BrF3N2O2. The summed E-state index contributed by atoms with van der Waals surface area (Å²) in [6.07, 6.45) is -4.47. The maximum absolute atomic E-state index is 12.7. The Morgan fingerprint density at radius 2 is 2.11 bits per heavy atom. The fourth-order valence-electron chi connectivity index (χ4n) is 1.27. The van der Waals surface area contributed by atoms with Gasteiger partial charge in [0.2, 0.25) is 0 Å². The van der Waals surface area contributed by atoms with Gasteiger partial charge in [0.1, 0.15) is 0 Å². The SMILES string of the molecule is CONC(=O)NCc1ccc(Br)cc1C(F)(F)F. The van der Waals surface area contributed by atoms with E-state index < -0.39 is 17.8 Å². The molecule has 2 N–H and O–H groups in total. The zero-order chi connectivity index (χ0) is 13.8. The van der Waals surface area contributed by atoms with Crippen molar-refractivity contribution in [1.82, 2.24) is 10.8 Å². The van der Waals surface area contributed by atoms with Crippen molar-refractivity contribution in [2.24, 2.45) is 0 Å². The molecule has 0 unspecified atom stereocenters. The van der Waals surface area contributed by atoms with Gasteiger partial charge in [0.15, 0.2) is 0 Å². The number of urea groups is 1. The van der Waals surface area contributed by atoms with Crippen molar-refractivity contribution in [3.8, 4) is 0 Å². The van der Waals surface area contributed by atoms with Gasteiger partial charge in [-0.15, -0.1) is 0 Å². The van der Waals surface area contributed by atoms with E-state index in [2.05, 4.69) is 26.1 Å². The van der Waals surface area contributed by atoms with Crippen LogP contribution in [-0.2, 0) is 17.6 Å². The molecular weight excluding hydrogens is 317 g/mol. The third-order valence-electron chi connectivity index (χ3n) is 2.01. The Labute approximate surface area is 110 Å². The highest BCUT2D eigenvalue weighted by Gasteiger charge is 2.33. The van der Waals surface area contributed by atoms with Gasteiger partial charge in [0.25, 0.3) is 0 Å². The number of rotatable bonds is 3. The summed E-state index contributed by atoms with van der Waals surface area (Å²) in [4.78, 5) is 15.3. The van der Waals surface area contributed by atoms with Crippen LogP contribution in [0.15, 0.2) is 22.7 Å². The summed E-state index contributed by atoms with van der Waals surface area (Å²) in [5.41, 5.74) is 1.12. The number of carbonyl (C=O) groups excluding carboxylic acids is 1. The van der Waals surface area contributed by atoms with Crippen molar-refractivity contribution in [1.29, 1.82) is 0 Å². The summed E-state index contributed by atoms with van der Waals surface area (Å²) in [6, 6.07) is 3.01. The molecule has 18 heavy (non-hydrogen) atoms. The van der Waals surface area contributed by atoms with Crippen molar-refractivity contribution < 1.29 is 22.8 Å². The normalized spacial score (nSPS) is 11.2. The molecule has 1 aromatic rings. The highest BCUT2D eigenvalue weighted by molar-refractivity contribution is 9.10. The molecule has 0 aliphatic heterocycles. The van der Waals surface area contributed by atoms with E-state index in [1.807, 2.05) is 5.48 Å². The molecule has 0 aliphatic carbocycles. The predicted octanol–water partition coefficient (Wildman–Crippen LogP) is 2.83. The quantitative estimate of drug-likeness (QED) is 0.839. The molecule has 0 saturated carbocycles. The Hall–Kier alpha value is -1.28. The highest BCUT2D eigenvalue weighted by Crippen LogP contribution is 2.33. The predicted molar refractivity (Wildman–Crippen MR) is 61.5 cm³/mol. The first kappa shape index (κ1) is 14.8. The van der Waals surface area contributed by atoms with E-state index in [-0.39, 0.29) is 12.1 Å². The summed E-state index contributed by atoms with van der Waals surface area (Å²) >= 11 is 2.97. The van der Waals surface area contributed by atoms with Gasteiger partial charge in [0.05, 0.1) is 12.7 Å². The number of amides is 2. The molecule has 2 amide bonds. The molecule has 1 rings (SSSR count). The molecule has 100 valence electrons. The average Bonchev–Trinajstić information content (AvgIpc) is 2.26. The van der Waals surface area contributed by atoms with Crippen molar-refractivity contribution >= 4 is 22.0 Å². The first-order valence-corrected chi connectivity index (χ1v) is 5.56. The summed E-state index contributed by atoms with van der Waals surface area (Å²) in [6.45, 7) is -0.253. The number of benzene rings is 1. The van der Waals surface area contributed by atoms with E-state index in [0.717, 1.165) is 6.07 Å². The Kier molecular flexibility index (Phi) is 4.97. The Morgan fingerprint density at radius 3 is 2.67 bits per heavy atom. The molecule has 0 saturated heterocycles. The molecule has 1 aromatic carbocycles. The zero-order valence-corrected chi connectivity index (χ0v) is 10.9. The Bertz CT molecular complexity index is 438. The Morgan fingerprint density at radius 1 is 1.44 bits per heavy atom. The van der Waals surface area contributed by atoms with Gasteiger partial charge >= 0.3 is 12.2 Å². The van der Waals surface area contributed by atoms with Gasteiger partial charge < -0.3 is 5.32 Å². The van der Waals surface area contributed by atoms with Gasteiger partial charge in [-0.05, 0) is 17.7 Å². The topological polar surface area (TPSA) is 50.4 Å². The minimum Gasteiger partial charge on any atom is -0.332 e. The van der Waals surface area contributed by atoms with E-state index in [9.17, 15) is 18.0 Å². The molecule has 0 aliphatic rings. The van der Waals surface area contributed by atoms with E-state index in [0.29, 0.717) is 4.47 Å². The van der Waals surface area contributed by atoms with Crippen LogP contribution in [0.2, 0.25) is 0 Å². The number of hydroxylamine groups is 1. The van der Waals surface area contributed by atoms with Crippen LogP contribution in [0.1, 0.15) is 11.1 Å². The molecule has 0 fully saturated rings. The fourth-order valence-corrected chi connectivity index (χ4v) is 1.63. The molecule has 4 nitrogen and oxygen atoms in total. The van der Waals surface area contributed by atoms with Gasteiger partial charge in [0, 0.05) is 11.0 Å². The first-order valence-electron chi connectivity index (χ1n) is 4.77. The summed E-state index contributed by atoms with van der Waals surface area (Å²) in [5, 5.41) is 2.24. The molecule has 0 spiro atoms. The number of hydrogen-bond donors (Lipinski definition) is 2. The average molecular weight is 327 g/mol. The molecule has 0 heterocycles. The summed E-state index contributed by atoms with van der Waals surface area (Å²) < 4.78 is 38.5. The van der Waals surface area contributed by atoms with Crippen molar-refractivity contribution in [2.75, 3.05) is 7.11 Å². The van der Waals surface area contributed by atoms with Gasteiger partial charge in [-0.3, -0.25) is 4.84 Å². The summed E-state index contributed by atoms with van der Waals surface area (Å²) in [7, 11) is 1.22. The van der Waals surface area contributed by atoms with Crippen LogP contribution in [-0.4, -0.2) is 13.1 Å². The second-order valence-electron chi connectivity index (χ2n) is 3.29. The minimum absolute atomic E-state index is 0.0306. The van der Waals surface area contributed by atoms with Gasteiger partial charge in [-0.25, -0.2) is 10.3 Å². The van der Waals surface area contributed by atoms with E-state index >= 15 is 0 Å². The third-order valence-corrected chi connectivity index (χ3v) is 2.50. The molecule has 0 atom stereocenters.